The molecule has 0 aliphatic carbocycles. The summed E-state index contributed by atoms with van der Waals surface area (Å²) in [6, 6.07) is 5.88. The molecule has 6 heteroatoms. The van der Waals surface area contributed by atoms with Crippen molar-refractivity contribution in [3.8, 4) is 22.1 Å². The van der Waals surface area contributed by atoms with Crippen molar-refractivity contribution in [2.45, 2.75) is 13.5 Å². The van der Waals surface area contributed by atoms with Crippen molar-refractivity contribution in [1.29, 1.82) is 0 Å². The van der Waals surface area contributed by atoms with Gasteiger partial charge in [0.15, 0.2) is 11.5 Å². The fourth-order valence-corrected chi connectivity index (χ4v) is 2.66. The Morgan fingerprint density at radius 2 is 2.05 bits per heavy atom. The first-order valence-electron chi connectivity index (χ1n) is 6.30. The normalized spacial score (nSPS) is 13.5. The lowest BCUT2D eigenvalue weighted by molar-refractivity contribution is 0.171. The van der Waals surface area contributed by atoms with E-state index in [0.717, 1.165) is 40.2 Å². The SMILES string of the molecule is CCNCc1nnc(-c2ccc3c(c2)OCCO3)s1. The molecule has 1 aliphatic rings. The molecule has 0 amide bonds. The van der Waals surface area contributed by atoms with Gasteiger partial charge in [-0.25, -0.2) is 0 Å². The van der Waals surface area contributed by atoms with Gasteiger partial charge in [0.25, 0.3) is 0 Å². The van der Waals surface area contributed by atoms with E-state index >= 15 is 0 Å². The molecule has 0 saturated heterocycles. The predicted molar refractivity (Wildman–Crippen MR) is 73.7 cm³/mol. The number of rotatable bonds is 4. The van der Waals surface area contributed by atoms with E-state index in [4.69, 9.17) is 9.47 Å². The summed E-state index contributed by atoms with van der Waals surface area (Å²) in [6.45, 7) is 4.97. The Kier molecular flexibility index (Phi) is 3.61. The van der Waals surface area contributed by atoms with Gasteiger partial charge in [-0.15, -0.1) is 10.2 Å². The summed E-state index contributed by atoms with van der Waals surface area (Å²) in [6.07, 6.45) is 0. The second-order valence-electron chi connectivity index (χ2n) is 4.14. The number of aromatic nitrogens is 2. The maximum absolute atomic E-state index is 5.58. The third kappa shape index (κ3) is 2.69. The molecule has 100 valence electrons. The summed E-state index contributed by atoms with van der Waals surface area (Å²) in [5.41, 5.74) is 1.02. The number of hydrogen-bond acceptors (Lipinski definition) is 6. The summed E-state index contributed by atoms with van der Waals surface area (Å²) in [4.78, 5) is 0. The van der Waals surface area contributed by atoms with Crippen LogP contribution in [0.5, 0.6) is 11.5 Å². The molecule has 0 fully saturated rings. The minimum Gasteiger partial charge on any atom is -0.486 e. The summed E-state index contributed by atoms with van der Waals surface area (Å²) in [7, 11) is 0. The van der Waals surface area contributed by atoms with Crippen LogP contribution in [0.4, 0.5) is 0 Å². The minimum absolute atomic E-state index is 0.595. The van der Waals surface area contributed by atoms with E-state index in [1.54, 1.807) is 11.3 Å². The predicted octanol–water partition coefficient (Wildman–Crippen LogP) is 2.09. The summed E-state index contributed by atoms with van der Waals surface area (Å²) in [5, 5.41) is 13.5. The Hall–Kier alpha value is -1.66. The third-order valence-corrected chi connectivity index (χ3v) is 3.75. The summed E-state index contributed by atoms with van der Waals surface area (Å²) >= 11 is 1.60. The van der Waals surface area contributed by atoms with Gasteiger partial charge in [-0.05, 0) is 24.7 Å². The highest BCUT2D eigenvalue weighted by Crippen LogP contribution is 2.35. The molecule has 0 radical (unpaired) electrons. The molecule has 1 aromatic carbocycles. The van der Waals surface area contributed by atoms with Crippen molar-refractivity contribution in [2.75, 3.05) is 19.8 Å². The summed E-state index contributed by atoms with van der Waals surface area (Å²) < 4.78 is 11.1. The molecule has 0 atom stereocenters. The van der Waals surface area contributed by atoms with E-state index in [-0.39, 0.29) is 0 Å². The lowest BCUT2D eigenvalue weighted by atomic mass is 10.2. The van der Waals surface area contributed by atoms with Crippen LogP contribution in [0.25, 0.3) is 10.6 Å². The van der Waals surface area contributed by atoms with Crippen molar-refractivity contribution in [1.82, 2.24) is 15.5 Å². The van der Waals surface area contributed by atoms with Crippen molar-refractivity contribution in [3.05, 3.63) is 23.2 Å². The van der Waals surface area contributed by atoms with Crippen LogP contribution in [0.1, 0.15) is 11.9 Å². The maximum atomic E-state index is 5.58. The minimum atomic E-state index is 0.595. The maximum Gasteiger partial charge on any atom is 0.162 e. The zero-order valence-electron chi connectivity index (χ0n) is 10.7. The van der Waals surface area contributed by atoms with Gasteiger partial charge in [0, 0.05) is 12.1 Å². The zero-order chi connectivity index (χ0) is 13.1. The first-order valence-corrected chi connectivity index (χ1v) is 7.11. The molecule has 0 unspecified atom stereocenters. The van der Waals surface area contributed by atoms with E-state index in [0.29, 0.717) is 13.2 Å². The van der Waals surface area contributed by atoms with Crippen LogP contribution in [0, 0.1) is 0 Å². The molecule has 19 heavy (non-hydrogen) atoms. The van der Waals surface area contributed by atoms with E-state index in [1.807, 2.05) is 18.2 Å². The molecule has 2 aromatic rings. The van der Waals surface area contributed by atoms with Gasteiger partial charge < -0.3 is 14.8 Å². The number of nitrogens with one attached hydrogen (secondary N) is 1. The Morgan fingerprint density at radius 1 is 1.21 bits per heavy atom. The lowest BCUT2D eigenvalue weighted by Gasteiger charge is -2.18. The van der Waals surface area contributed by atoms with Crippen LogP contribution in [0.3, 0.4) is 0 Å². The third-order valence-electron chi connectivity index (χ3n) is 2.78. The highest BCUT2D eigenvalue weighted by atomic mass is 32.1. The number of hydrogen-bond donors (Lipinski definition) is 1. The molecule has 1 aromatic heterocycles. The summed E-state index contributed by atoms with van der Waals surface area (Å²) in [5.74, 6) is 1.58. The van der Waals surface area contributed by atoms with Crippen LogP contribution < -0.4 is 14.8 Å². The van der Waals surface area contributed by atoms with E-state index < -0.39 is 0 Å². The fourth-order valence-electron chi connectivity index (χ4n) is 1.85. The first kappa shape index (κ1) is 12.4. The molecular formula is C13H15N3O2S. The largest absolute Gasteiger partial charge is 0.486 e. The first-order chi connectivity index (χ1) is 9.36. The van der Waals surface area contributed by atoms with Gasteiger partial charge in [0.2, 0.25) is 0 Å². The topological polar surface area (TPSA) is 56.3 Å². The van der Waals surface area contributed by atoms with Crippen LogP contribution in [-0.2, 0) is 6.54 Å². The number of benzene rings is 1. The Labute approximate surface area is 115 Å². The Balaban J connectivity index is 1.83. The van der Waals surface area contributed by atoms with Crippen LogP contribution in [0.15, 0.2) is 18.2 Å². The van der Waals surface area contributed by atoms with Gasteiger partial charge in [0.1, 0.15) is 23.2 Å². The molecule has 5 nitrogen and oxygen atoms in total. The number of ether oxygens (including phenoxy) is 2. The monoisotopic (exact) mass is 277 g/mol. The zero-order valence-corrected chi connectivity index (χ0v) is 11.5. The van der Waals surface area contributed by atoms with Gasteiger partial charge in [0.05, 0.1) is 0 Å². The average Bonchev–Trinajstić information content (AvgIpc) is 2.93. The van der Waals surface area contributed by atoms with E-state index in [1.165, 1.54) is 0 Å². The molecular weight excluding hydrogens is 262 g/mol. The van der Waals surface area contributed by atoms with Gasteiger partial charge in [-0.3, -0.25) is 0 Å². The smallest absolute Gasteiger partial charge is 0.162 e. The van der Waals surface area contributed by atoms with Gasteiger partial charge >= 0.3 is 0 Å². The number of fused-ring (bicyclic) bond motifs is 1. The molecule has 2 heterocycles. The van der Waals surface area contributed by atoms with Crippen molar-refractivity contribution in [3.63, 3.8) is 0 Å². The van der Waals surface area contributed by atoms with E-state index in [9.17, 15) is 0 Å². The molecule has 0 saturated carbocycles. The lowest BCUT2D eigenvalue weighted by Crippen LogP contribution is -2.15. The van der Waals surface area contributed by atoms with Crippen molar-refractivity contribution < 1.29 is 9.47 Å². The molecule has 1 aliphatic heterocycles. The van der Waals surface area contributed by atoms with Gasteiger partial charge in [-0.2, -0.15) is 0 Å². The standard InChI is InChI=1S/C13H15N3O2S/c1-2-14-8-12-15-16-13(19-12)9-3-4-10-11(7-9)18-6-5-17-10/h3-4,7,14H,2,5-6,8H2,1H3. The molecule has 1 N–H and O–H groups in total. The quantitative estimate of drug-likeness (QED) is 0.927. The van der Waals surface area contributed by atoms with E-state index in [2.05, 4.69) is 22.4 Å². The van der Waals surface area contributed by atoms with Crippen LogP contribution in [-0.4, -0.2) is 30.0 Å². The number of nitrogens with zero attached hydrogens (tertiary/aromatic N) is 2. The van der Waals surface area contributed by atoms with Crippen molar-refractivity contribution in [2.24, 2.45) is 0 Å². The van der Waals surface area contributed by atoms with Gasteiger partial charge in [-0.1, -0.05) is 18.3 Å². The molecule has 0 bridgehead atoms. The Morgan fingerprint density at radius 3 is 2.89 bits per heavy atom. The van der Waals surface area contributed by atoms with Crippen LogP contribution in [0.2, 0.25) is 0 Å². The molecule has 0 spiro atoms. The molecule has 3 rings (SSSR count). The highest BCUT2D eigenvalue weighted by molar-refractivity contribution is 7.14. The highest BCUT2D eigenvalue weighted by Gasteiger charge is 2.14. The fraction of sp³-hybridized carbons (Fsp3) is 0.385. The second kappa shape index (κ2) is 5.54. The second-order valence-corrected chi connectivity index (χ2v) is 5.20. The average molecular weight is 277 g/mol. The van der Waals surface area contributed by atoms with Crippen molar-refractivity contribution >= 4 is 11.3 Å². The Bertz CT molecular complexity index is 571. The van der Waals surface area contributed by atoms with Crippen LogP contribution >= 0.6 is 11.3 Å².